The van der Waals surface area contributed by atoms with Gasteiger partial charge in [-0.1, -0.05) is 24.3 Å². The number of fused-ring (bicyclic) bond motifs is 1. The summed E-state index contributed by atoms with van der Waals surface area (Å²) in [6, 6.07) is 11.2. The highest BCUT2D eigenvalue weighted by Gasteiger charge is 2.11. The largest absolute Gasteiger partial charge is 0.422 e. The average Bonchev–Trinajstić information content (AvgIpc) is 2.90. The van der Waals surface area contributed by atoms with E-state index in [1.54, 1.807) is 23.5 Å². The van der Waals surface area contributed by atoms with Crippen molar-refractivity contribution in [2.45, 2.75) is 6.92 Å². The van der Waals surface area contributed by atoms with Crippen LogP contribution >= 0.6 is 11.3 Å². The molecular formula is C17H11NO2S. The number of hydrogen-bond acceptors (Lipinski definition) is 4. The van der Waals surface area contributed by atoms with Gasteiger partial charge in [0.25, 0.3) is 0 Å². The Balaban J connectivity index is 2.23. The van der Waals surface area contributed by atoms with Crippen LogP contribution in [0.1, 0.15) is 21.6 Å². The molecule has 0 spiro atoms. The molecule has 21 heavy (non-hydrogen) atoms. The first kappa shape index (κ1) is 13.3. The highest BCUT2D eigenvalue weighted by Crippen LogP contribution is 2.23. The summed E-state index contributed by atoms with van der Waals surface area (Å²) in [6.07, 6.45) is 3.72. The molecule has 102 valence electrons. The smallest absolute Gasteiger partial charge is 0.354 e. The predicted octanol–water partition coefficient (Wildman–Crippen LogP) is 4.21. The van der Waals surface area contributed by atoms with Crippen LogP contribution in [0.25, 0.3) is 23.1 Å². The molecular weight excluding hydrogens is 282 g/mol. The quantitative estimate of drug-likeness (QED) is 0.665. The maximum Gasteiger partial charge on any atom is 0.354 e. The third-order valence-electron chi connectivity index (χ3n) is 3.13. The summed E-state index contributed by atoms with van der Waals surface area (Å²) in [6.45, 7) is 2.03. The van der Waals surface area contributed by atoms with E-state index in [2.05, 4.69) is 11.4 Å². The van der Waals surface area contributed by atoms with Gasteiger partial charge in [-0.15, -0.1) is 11.3 Å². The Morgan fingerprint density at radius 3 is 2.81 bits per heavy atom. The Kier molecular flexibility index (Phi) is 3.43. The summed E-state index contributed by atoms with van der Waals surface area (Å²) in [5, 5.41) is 12.0. The summed E-state index contributed by atoms with van der Waals surface area (Å²) in [4.78, 5) is 13.0. The van der Waals surface area contributed by atoms with Crippen molar-refractivity contribution in [1.82, 2.24) is 0 Å². The minimum Gasteiger partial charge on any atom is -0.422 e. The van der Waals surface area contributed by atoms with Crippen LogP contribution in [-0.2, 0) is 0 Å². The topological polar surface area (TPSA) is 54.0 Å². The third kappa shape index (κ3) is 2.51. The first-order chi connectivity index (χ1) is 10.2. The van der Waals surface area contributed by atoms with Crippen molar-refractivity contribution in [2.24, 2.45) is 0 Å². The van der Waals surface area contributed by atoms with Crippen LogP contribution in [0.3, 0.4) is 0 Å². The van der Waals surface area contributed by atoms with Crippen LogP contribution in [0.5, 0.6) is 0 Å². The number of nitriles is 1. The van der Waals surface area contributed by atoms with Gasteiger partial charge in [0.1, 0.15) is 17.2 Å². The maximum absolute atomic E-state index is 11.9. The van der Waals surface area contributed by atoms with Gasteiger partial charge in [-0.25, -0.2) is 4.79 Å². The van der Waals surface area contributed by atoms with Gasteiger partial charge >= 0.3 is 5.63 Å². The molecule has 0 bridgehead atoms. The summed E-state index contributed by atoms with van der Waals surface area (Å²) in [5.41, 5.74) is 1.73. The molecule has 0 amide bonds. The lowest BCUT2D eigenvalue weighted by atomic mass is 10.0. The number of nitrogens with zero attached hydrogens (tertiary/aromatic N) is 1. The first-order valence-corrected chi connectivity index (χ1v) is 7.26. The van der Waals surface area contributed by atoms with Crippen LogP contribution < -0.4 is 5.63 Å². The fraction of sp³-hybridized carbons (Fsp3) is 0.0588. The standard InChI is InChI=1S/C17H11NO2S/c1-11-8-12(21-10-11)6-7-13-14-4-2-3-5-16(14)20-17(19)15(13)9-18/h2-8,10H,1H3/b7-6+. The maximum atomic E-state index is 11.9. The molecule has 3 nitrogen and oxygen atoms in total. The second-order valence-corrected chi connectivity index (χ2v) is 5.59. The van der Waals surface area contributed by atoms with Crippen LogP contribution in [0.15, 0.2) is 44.9 Å². The number of rotatable bonds is 2. The molecule has 0 N–H and O–H groups in total. The zero-order chi connectivity index (χ0) is 14.8. The van der Waals surface area contributed by atoms with Crippen molar-refractivity contribution >= 4 is 34.5 Å². The second-order valence-electron chi connectivity index (χ2n) is 4.65. The fourth-order valence-electron chi connectivity index (χ4n) is 2.16. The molecule has 3 rings (SSSR count). The number of para-hydroxylation sites is 1. The lowest BCUT2D eigenvalue weighted by Crippen LogP contribution is -2.06. The normalized spacial score (nSPS) is 11.0. The Hall–Kier alpha value is -2.64. The van der Waals surface area contributed by atoms with Gasteiger partial charge in [0, 0.05) is 15.8 Å². The Labute approximate surface area is 125 Å². The molecule has 0 aliphatic carbocycles. The zero-order valence-electron chi connectivity index (χ0n) is 11.3. The molecule has 4 heteroatoms. The highest BCUT2D eigenvalue weighted by atomic mass is 32.1. The van der Waals surface area contributed by atoms with Crippen LogP contribution in [0.4, 0.5) is 0 Å². The molecule has 3 aromatic rings. The molecule has 0 atom stereocenters. The first-order valence-electron chi connectivity index (χ1n) is 6.38. The van der Waals surface area contributed by atoms with Gasteiger partial charge in [0.05, 0.1) is 0 Å². The molecule has 0 fully saturated rings. The minimum atomic E-state index is -0.599. The molecule has 0 saturated carbocycles. The number of benzene rings is 1. The monoisotopic (exact) mass is 293 g/mol. The van der Waals surface area contributed by atoms with E-state index in [1.165, 1.54) is 5.56 Å². The van der Waals surface area contributed by atoms with E-state index < -0.39 is 5.63 Å². The van der Waals surface area contributed by atoms with Gasteiger partial charge in [-0.2, -0.15) is 5.26 Å². The summed E-state index contributed by atoms with van der Waals surface area (Å²) >= 11 is 1.62. The van der Waals surface area contributed by atoms with Gasteiger partial charge in [-0.05, 0) is 36.1 Å². The lowest BCUT2D eigenvalue weighted by Gasteiger charge is -2.02. The molecule has 1 aromatic carbocycles. The van der Waals surface area contributed by atoms with Crippen LogP contribution in [-0.4, -0.2) is 0 Å². The van der Waals surface area contributed by atoms with Crippen molar-refractivity contribution in [1.29, 1.82) is 5.26 Å². The van der Waals surface area contributed by atoms with E-state index in [4.69, 9.17) is 4.42 Å². The van der Waals surface area contributed by atoms with Crippen molar-refractivity contribution in [2.75, 3.05) is 0 Å². The summed E-state index contributed by atoms with van der Waals surface area (Å²) < 4.78 is 5.17. The van der Waals surface area contributed by atoms with E-state index in [-0.39, 0.29) is 5.56 Å². The Morgan fingerprint density at radius 1 is 1.29 bits per heavy atom. The van der Waals surface area contributed by atoms with E-state index in [1.807, 2.05) is 37.3 Å². The van der Waals surface area contributed by atoms with Crippen molar-refractivity contribution in [3.05, 3.63) is 67.7 Å². The van der Waals surface area contributed by atoms with Crippen LogP contribution in [0.2, 0.25) is 0 Å². The lowest BCUT2D eigenvalue weighted by molar-refractivity contribution is 0.558. The number of aryl methyl sites for hydroxylation is 1. The highest BCUT2D eigenvalue weighted by molar-refractivity contribution is 7.11. The molecule has 0 radical (unpaired) electrons. The van der Waals surface area contributed by atoms with E-state index in [9.17, 15) is 10.1 Å². The molecule has 0 aliphatic heterocycles. The fourth-order valence-corrected chi connectivity index (χ4v) is 2.95. The van der Waals surface area contributed by atoms with E-state index in [0.717, 1.165) is 10.3 Å². The molecule has 2 heterocycles. The number of hydrogen-bond donors (Lipinski definition) is 0. The predicted molar refractivity (Wildman–Crippen MR) is 85.2 cm³/mol. The summed E-state index contributed by atoms with van der Waals surface area (Å²) in [7, 11) is 0. The van der Waals surface area contributed by atoms with E-state index in [0.29, 0.717) is 11.1 Å². The van der Waals surface area contributed by atoms with Crippen LogP contribution in [0, 0.1) is 18.3 Å². The minimum absolute atomic E-state index is 0.0400. The summed E-state index contributed by atoms with van der Waals surface area (Å²) in [5.74, 6) is 0. The molecule has 2 aromatic heterocycles. The van der Waals surface area contributed by atoms with Gasteiger partial charge in [0.2, 0.25) is 0 Å². The van der Waals surface area contributed by atoms with Crippen molar-refractivity contribution in [3.8, 4) is 6.07 Å². The van der Waals surface area contributed by atoms with Gasteiger partial charge < -0.3 is 4.42 Å². The Morgan fingerprint density at radius 2 is 2.10 bits per heavy atom. The Bertz CT molecular complexity index is 941. The molecule has 0 aliphatic rings. The van der Waals surface area contributed by atoms with Crippen molar-refractivity contribution < 1.29 is 4.42 Å². The SMILES string of the molecule is Cc1csc(/C=C/c2c(C#N)c(=O)oc3ccccc23)c1. The average molecular weight is 293 g/mol. The number of thiophene rings is 1. The zero-order valence-corrected chi connectivity index (χ0v) is 12.1. The third-order valence-corrected chi connectivity index (χ3v) is 4.15. The van der Waals surface area contributed by atoms with Crippen molar-refractivity contribution in [3.63, 3.8) is 0 Å². The van der Waals surface area contributed by atoms with Gasteiger partial charge in [-0.3, -0.25) is 0 Å². The molecule has 0 unspecified atom stereocenters. The van der Waals surface area contributed by atoms with Gasteiger partial charge in [0.15, 0.2) is 0 Å². The molecule has 0 saturated heterocycles. The second kappa shape index (κ2) is 5.39. The van der Waals surface area contributed by atoms with E-state index >= 15 is 0 Å².